The van der Waals surface area contributed by atoms with Crippen molar-refractivity contribution in [3.8, 4) is 34.8 Å². The number of amides is 1. The minimum Gasteiger partial charge on any atom is -0.503 e. The van der Waals surface area contributed by atoms with Crippen LogP contribution in [0.25, 0.3) is 11.1 Å². The molecule has 1 amide bonds. The van der Waals surface area contributed by atoms with E-state index < -0.39 is 0 Å². The van der Waals surface area contributed by atoms with Crippen molar-refractivity contribution in [3.63, 3.8) is 0 Å². The number of hydrogen-bond acceptors (Lipinski definition) is 6. The molecule has 1 aliphatic rings. The van der Waals surface area contributed by atoms with E-state index in [-0.39, 0.29) is 34.1 Å². The van der Waals surface area contributed by atoms with Gasteiger partial charge in [0.05, 0.1) is 32.0 Å². The maximum atomic E-state index is 12.7. The normalized spacial score (nSPS) is 13.5. The molecule has 0 saturated carbocycles. The van der Waals surface area contributed by atoms with Gasteiger partial charge in [-0.1, -0.05) is 12.1 Å². The van der Waals surface area contributed by atoms with Crippen molar-refractivity contribution in [3.05, 3.63) is 47.0 Å². The number of carbonyl (C=O) groups is 1. The molecule has 0 unspecified atom stereocenters. The molecule has 1 heterocycles. The van der Waals surface area contributed by atoms with Crippen molar-refractivity contribution >= 4 is 5.91 Å². The van der Waals surface area contributed by atoms with Crippen molar-refractivity contribution in [2.75, 3.05) is 33.4 Å². The average molecular weight is 363 g/mol. The number of aromatic hydroxyl groups is 1. The lowest BCUT2D eigenvalue weighted by Gasteiger charge is -2.27. The number of carbonyl (C=O) groups excluding carboxylic acids is 1. The van der Waals surface area contributed by atoms with Crippen LogP contribution in [0.1, 0.15) is 21.5 Å². The van der Waals surface area contributed by atoms with E-state index in [2.05, 4.69) is 0 Å². The van der Waals surface area contributed by atoms with Crippen LogP contribution < -0.4 is 4.74 Å². The molecule has 2 aromatic rings. The Morgan fingerprint density at radius 1 is 1.22 bits per heavy atom. The molecule has 7 nitrogen and oxygen atoms in total. The summed E-state index contributed by atoms with van der Waals surface area (Å²) in [4.78, 5) is 14.4. The van der Waals surface area contributed by atoms with Crippen LogP contribution in [0.5, 0.6) is 11.5 Å². The zero-order chi connectivity index (χ0) is 19.4. The van der Waals surface area contributed by atoms with Gasteiger partial charge < -0.3 is 19.5 Å². The van der Waals surface area contributed by atoms with E-state index in [0.29, 0.717) is 37.4 Å². The van der Waals surface area contributed by atoms with Crippen LogP contribution in [-0.2, 0) is 4.74 Å². The summed E-state index contributed by atoms with van der Waals surface area (Å²) in [5.74, 6) is -0.429. The van der Waals surface area contributed by atoms with E-state index in [1.165, 1.54) is 13.2 Å². The fourth-order valence-electron chi connectivity index (χ4n) is 3.06. The summed E-state index contributed by atoms with van der Waals surface area (Å²) in [6.45, 7) is 2.02. The van der Waals surface area contributed by atoms with Gasteiger partial charge in [-0.25, -0.2) is 0 Å². The van der Waals surface area contributed by atoms with E-state index in [1.54, 1.807) is 29.2 Å². The van der Waals surface area contributed by atoms with Gasteiger partial charge in [0.2, 0.25) is 0 Å². The Balaban J connectivity index is 2.10. The first-order chi connectivity index (χ1) is 13.1. The highest BCUT2D eigenvalue weighted by atomic mass is 16.5. The number of rotatable bonds is 3. The monoisotopic (exact) mass is 363 g/mol. The predicted molar refractivity (Wildman–Crippen MR) is 96.2 cm³/mol. The lowest BCUT2D eigenvalue weighted by molar-refractivity contribution is 0.0303. The molecule has 1 aliphatic heterocycles. The van der Waals surface area contributed by atoms with Gasteiger partial charge in [-0.05, 0) is 17.7 Å². The Labute approximate surface area is 156 Å². The second-order valence-corrected chi connectivity index (χ2v) is 5.93. The third-order valence-corrected chi connectivity index (χ3v) is 4.41. The Morgan fingerprint density at radius 3 is 2.59 bits per heavy atom. The van der Waals surface area contributed by atoms with E-state index >= 15 is 0 Å². The molecule has 136 valence electrons. The summed E-state index contributed by atoms with van der Waals surface area (Å²) in [5.41, 5.74) is 1.33. The van der Waals surface area contributed by atoms with E-state index in [9.17, 15) is 20.4 Å². The number of morpholine rings is 1. The standard InChI is InChI=1S/C20H17N3O4/c1-26-17-10-15(11-21)18(16(12-22)19(17)24)13-3-2-4-14(9-13)20(25)23-5-7-27-8-6-23/h2-4,9-10,24H,5-8H2,1H3. The highest BCUT2D eigenvalue weighted by Crippen LogP contribution is 2.39. The van der Waals surface area contributed by atoms with Gasteiger partial charge in [0, 0.05) is 30.3 Å². The average Bonchev–Trinajstić information content (AvgIpc) is 2.73. The summed E-state index contributed by atoms with van der Waals surface area (Å²) >= 11 is 0. The van der Waals surface area contributed by atoms with Gasteiger partial charge in [0.1, 0.15) is 11.6 Å². The van der Waals surface area contributed by atoms with Crippen molar-refractivity contribution in [1.29, 1.82) is 10.5 Å². The van der Waals surface area contributed by atoms with Crippen LogP contribution in [0.2, 0.25) is 0 Å². The number of phenols is 1. The van der Waals surface area contributed by atoms with Gasteiger partial charge >= 0.3 is 0 Å². The molecule has 1 saturated heterocycles. The van der Waals surface area contributed by atoms with Crippen LogP contribution in [0.15, 0.2) is 30.3 Å². The largest absolute Gasteiger partial charge is 0.503 e. The second kappa shape index (κ2) is 7.77. The van der Waals surface area contributed by atoms with Crippen molar-refractivity contribution in [1.82, 2.24) is 4.90 Å². The molecule has 0 spiro atoms. The smallest absolute Gasteiger partial charge is 0.254 e. The highest BCUT2D eigenvalue weighted by Gasteiger charge is 2.22. The third kappa shape index (κ3) is 3.41. The molecular formula is C20H17N3O4. The third-order valence-electron chi connectivity index (χ3n) is 4.41. The SMILES string of the molecule is COc1cc(C#N)c(-c2cccc(C(=O)N3CCOCC3)c2)c(C#N)c1O. The van der Waals surface area contributed by atoms with E-state index in [4.69, 9.17) is 9.47 Å². The Bertz CT molecular complexity index is 966. The van der Waals surface area contributed by atoms with Crippen molar-refractivity contribution in [2.45, 2.75) is 0 Å². The molecule has 1 N–H and O–H groups in total. The first kappa shape index (κ1) is 18.2. The van der Waals surface area contributed by atoms with Gasteiger partial charge in [0.25, 0.3) is 5.91 Å². The molecule has 0 atom stereocenters. The molecule has 0 radical (unpaired) electrons. The number of benzene rings is 2. The minimum absolute atomic E-state index is 0.0485. The molecule has 2 aromatic carbocycles. The maximum Gasteiger partial charge on any atom is 0.254 e. The number of nitriles is 2. The fourth-order valence-corrected chi connectivity index (χ4v) is 3.06. The first-order valence-electron chi connectivity index (χ1n) is 8.32. The van der Waals surface area contributed by atoms with Gasteiger partial charge in [-0.2, -0.15) is 10.5 Å². The zero-order valence-electron chi connectivity index (χ0n) is 14.7. The molecular weight excluding hydrogens is 346 g/mol. The van der Waals surface area contributed by atoms with Crippen molar-refractivity contribution in [2.24, 2.45) is 0 Å². The summed E-state index contributed by atoms with van der Waals surface area (Å²) in [7, 11) is 1.35. The van der Waals surface area contributed by atoms with Crippen LogP contribution >= 0.6 is 0 Å². The first-order valence-corrected chi connectivity index (χ1v) is 8.32. The summed E-state index contributed by atoms with van der Waals surface area (Å²) in [6.07, 6.45) is 0. The molecule has 1 fully saturated rings. The number of nitrogens with zero attached hydrogens (tertiary/aromatic N) is 3. The fraction of sp³-hybridized carbons (Fsp3) is 0.250. The minimum atomic E-state index is -0.334. The summed E-state index contributed by atoms with van der Waals surface area (Å²) < 4.78 is 10.3. The molecule has 0 aromatic heterocycles. The quantitative estimate of drug-likeness (QED) is 0.897. The number of methoxy groups -OCH3 is 1. The van der Waals surface area contributed by atoms with Crippen molar-refractivity contribution < 1.29 is 19.4 Å². The second-order valence-electron chi connectivity index (χ2n) is 5.93. The molecule has 3 rings (SSSR count). The van der Waals surface area contributed by atoms with Gasteiger partial charge in [0.15, 0.2) is 11.5 Å². The number of phenolic OH excluding ortho intramolecular Hbond substituents is 1. The molecule has 27 heavy (non-hydrogen) atoms. The lowest BCUT2D eigenvalue weighted by atomic mass is 9.93. The van der Waals surface area contributed by atoms with Gasteiger partial charge in [-0.3, -0.25) is 4.79 Å². The Morgan fingerprint density at radius 2 is 1.96 bits per heavy atom. The number of ether oxygens (including phenoxy) is 2. The molecule has 0 aliphatic carbocycles. The molecule has 0 bridgehead atoms. The summed E-state index contributed by atoms with van der Waals surface area (Å²) in [6, 6.07) is 12.0. The van der Waals surface area contributed by atoms with Crippen LogP contribution in [0, 0.1) is 22.7 Å². The topological polar surface area (TPSA) is 107 Å². The van der Waals surface area contributed by atoms with E-state index in [0.717, 1.165) is 0 Å². The Hall–Kier alpha value is -3.55. The van der Waals surface area contributed by atoms with Crippen LogP contribution in [0.3, 0.4) is 0 Å². The maximum absolute atomic E-state index is 12.7. The predicted octanol–water partition coefficient (Wildman–Crippen LogP) is 2.28. The Kier molecular flexibility index (Phi) is 5.25. The number of hydrogen-bond donors (Lipinski definition) is 1. The van der Waals surface area contributed by atoms with Gasteiger partial charge in [-0.15, -0.1) is 0 Å². The molecule has 7 heteroatoms. The van der Waals surface area contributed by atoms with E-state index in [1.807, 2.05) is 12.1 Å². The summed E-state index contributed by atoms with van der Waals surface area (Å²) in [5, 5.41) is 29.3. The zero-order valence-corrected chi connectivity index (χ0v) is 14.7. The lowest BCUT2D eigenvalue weighted by Crippen LogP contribution is -2.40. The van der Waals surface area contributed by atoms with Crippen LogP contribution in [-0.4, -0.2) is 49.3 Å². The highest BCUT2D eigenvalue weighted by molar-refractivity contribution is 5.96. The van der Waals surface area contributed by atoms with Crippen LogP contribution in [0.4, 0.5) is 0 Å².